The van der Waals surface area contributed by atoms with Crippen LogP contribution in [0.3, 0.4) is 0 Å². The van der Waals surface area contributed by atoms with E-state index < -0.39 is 0 Å². The molecule has 1 aromatic carbocycles. The van der Waals surface area contributed by atoms with Gasteiger partial charge in [-0.25, -0.2) is 0 Å². The molecule has 1 N–H and O–H groups in total. The molecule has 0 bridgehead atoms. The third kappa shape index (κ3) is 4.36. The predicted molar refractivity (Wildman–Crippen MR) is 100 cm³/mol. The summed E-state index contributed by atoms with van der Waals surface area (Å²) in [5, 5.41) is 7.61. The summed E-state index contributed by atoms with van der Waals surface area (Å²) >= 11 is 6.24. The second kappa shape index (κ2) is 8.31. The average molecular weight is 349 g/mol. The van der Waals surface area contributed by atoms with Crippen molar-refractivity contribution in [2.75, 3.05) is 18.4 Å². The van der Waals surface area contributed by atoms with E-state index in [1.807, 2.05) is 30.3 Å². The molecular weight excluding hydrogens is 324 g/mol. The van der Waals surface area contributed by atoms with Crippen molar-refractivity contribution in [2.24, 2.45) is 0 Å². The number of aromatic nitrogens is 2. The van der Waals surface area contributed by atoms with E-state index in [0.717, 1.165) is 6.54 Å². The zero-order valence-electron chi connectivity index (χ0n) is 14.7. The zero-order chi connectivity index (χ0) is 17.7. The van der Waals surface area contributed by atoms with Gasteiger partial charge in [-0.05, 0) is 39.8 Å². The molecule has 1 aromatic heterocycles. The Morgan fingerprint density at radius 1 is 1.17 bits per heavy atom. The highest BCUT2D eigenvalue weighted by Gasteiger charge is 2.14. The first kappa shape index (κ1) is 18.5. The Bertz CT molecular complexity index is 705. The van der Waals surface area contributed by atoms with Crippen molar-refractivity contribution in [1.82, 2.24) is 14.7 Å². The van der Waals surface area contributed by atoms with Crippen LogP contribution in [0.2, 0.25) is 5.02 Å². The smallest absolute Gasteiger partial charge is 0.292 e. The van der Waals surface area contributed by atoms with Crippen LogP contribution in [0.4, 0.5) is 5.69 Å². The Morgan fingerprint density at radius 3 is 2.38 bits per heavy atom. The molecule has 1 heterocycles. The van der Waals surface area contributed by atoms with Crippen molar-refractivity contribution in [3.8, 4) is 5.69 Å². The van der Waals surface area contributed by atoms with Crippen molar-refractivity contribution in [2.45, 2.75) is 39.8 Å². The highest BCUT2D eigenvalue weighted by atomic mass is 35.5. The van der Waals surface area contributed by atoms with Crippen molar-refractivity contribution in [1.29, 1.82) is 0 Å². The van der Waals surface area contributed by atoms with Gasteiger partial charge in [-0.3, -0.25) is 9.69 Å². The first-order chi connectivity index (χ1) is 11.4. The molecule has 130 valence electrons. The number of hydrogen-bond acceptors (Lipinski definition) is 4. The molecule has 0 aliphatic rings. The van der Waals surface area contributed by atoms with Crippen molar-refractivity contribution in [3.05, 3.63) is 51.9 Å². The summed E-state index contributed by atoms with van der Waals surface area (Å²) in [6, 6.07) is 10.2. The second-order valence-corrected chi connectivity index (χ2v) is 6.65. The maximum atomic E-state index is 12.4. The van der Waals surface area contributed by atoms with E-state index in [4.69, 9.17) is 11.6 Å². The Balaban J connectivity index is 2.10. The zero-order valence-corrected chi connectivity index (χ0v) is 15.4. The van der Waals surface area contributed by atoms with Gasteiger partial charge < -0.3 is 5.32 Å². The van der Waals surface area contributed by atoms with Crippen LogP contribution in [0.5, 0.6) is 0 Å². The van der Waals surface area contributed by atoms with Gasteiger partial charge in [0.05, 0.1) is 17.6 Å². The van der Waals surface area contributed by atoms with Crippen LogP contribution in [0.15, 0.2) is 41.3 Å². The molecule has 24 heavy (non-hydrogen) atoms. The third-order valence-corrected chi connectivity index (χ3v) is 4.30. The van der Waals surface area contributed by atoms with Crippen LogP contribution in [0.25, 0.3) is 5.69 Å². The van der Waals surface area contributed by atoms with E-state index in [1.54, 1.807) is 6.20 Å². The van der Waals surface area contributed by atoms with E-state index in [2.05, 4.69) is 43.0 Å². The average Bonchev–Trinajstić information content (AvgIpc) is 2.55. The monoisotopic (exact) mass is 348 g/mol. The molecule has 0 amide bonds. The number of halogens is 1. The molecule has 0 aliphatic carbocycles. The van der Waals surface area contributed by atoms with E-state index in [1.165, 1.54) is 4.68 Å². The predicted octanol–water partition coefficient (Wildman–Crippen LogP) is 3.42. The molecule has 0 atom stereocenters. The van der Waals surface area contributed by atoms with E-state index >= 15 is 0 Å². The SMILES string of the molecule is CC(C)N(CCNc1cnn(-c2ccccc2)c(=O)c1Cl)C(C)C. The number of rotatable bonds is 7. The van der Waals surface area contributed by atoms with Gasteiger partial charge in [-0.15, -0.1) is 0 Å². The summed E-state index contributed by atoms with van der Waals surface area (Å²) in [5.74, 6) is 0. The highest BCUT2D eigenvalue weighted by molar-refractivity contribution is 6.32. The highest BCUT2D eigenvalue weighted by Crippen LogP contribution is 2.16. The maximum absolute atomic E-state index is 12.4. The number of benzene rings is 1. The summed E-state index contributed by atoms with van der Waals surface area (Å²) < 4.78 is 1.31. The molecule has 0 aliphatic heterocycles. The number of para-hydroxylation sites is 1. The lowest BCUT2D eigenvalue weighted by atomic mass is 10.2. The summed E-state index contributed by atoms with van der Waals surface area (Å²) in [6.45, 7) is 10.3. The largest absolute Gasteiger partial charge is 0.381 e. The molecule has 0 radical (unpaired) electrons. The topological polar surface area (TPSA) is 50.2 Å². The van der Waals surface area contributed by atoms with Gasteiger partial charge >= 0.3 is 0 Å². The van der Waals surface area contributed by atoms with Gasteiger partial charge in [0, 0.05) is 25.2 Å². The quantitative estimate of drug-likeness (QED) is 0.833. The van der Waals surface area contributed by atoms with Crippen molar-refractivity contribution >= 4 is 17.3 Å². The van der Waals surface area contributed by atoms with Crippen molar-refractivity contribution < 1.29 is 0 Å². The lowest BCUT2D eigenvalue weighted by molar-refractivity contribution is 0.182. The van der Waals surface area contributed by atoms with Crippen LogP contribution in [-0.4, -0.2) is 39.9 Å². The van der Waals surface area contributed by atoms with Crippen LogP contribution >= 0.6 is 11.6 Å². The van der Waals surface area contributed by atoms with E-state index in [0.29, 0.717) is 30.0 Å². The molecular formula is C18H25ClN4O. The molecule has 0 saturated heterocycles. The Kier molecular flexibility index (Phi) is 6.40. The molecule has 2 rings (SSSR count). The van der Waals surface area contributed by atoms with Crippen LogP contribution < -0.4 is 10.9 Å². The number of hydrogen-bond donors (Lipinski definition) is 1. The summed E-state index contributed by atoms with van der Waals surface area (Å²) in [4.78, 5) is 14.8. The molecule has 6 heteroatoms. The fourth-order valence-electron chi connectivity index (χ4n) is 2.74. The first-order valence-electron chi connectivity index (χ1n) is 8.24. The Hall–Kier alpha value is -1.85. The fourth-order valence-corrected chi connectivity index (χ4v) is 2.94. The summed E-state index contributed by atoms with van der Waals surface area (Å²) in [7, 11) is 0. The lowest BCUT2D eigenvalue weighted by Gasteiger charge is -2.30. The lowest BCUT2D eigenvalue weighted by Crippen LogP contribution is -2.40. The molecule has 0 fully saturated rings. The van der Waals surface area contributed by atoms with Gasteiger partial charge in [0.15, 0.2) is 0 Å². The normalized spacial score (nSPS) is 11.5. The Labute approximate surface area is 148 Å². The van der Waals surface area contributed by atoms with Crippen molar-refractivity contribution in [3.63, 3.8) is 0 Å². The first-order valence-corrected chi connectivity index (χ1v) is 8.62. The second-order valence-electron chi connectivity index (χ2n) is 6.28. The van der Waals surface area contributed by atoms with Crippen LogP contribution in [0, 0.1) is 0 Å². The van der Waals surface area contributed by atoms with E-state index in [9.17, 15) is 4.79 Å². The summed E-state index contributed by atoms with van der Waals surface area (Å²) in [5.41, 5.74) is 0.945. The van der Waals surface area contributed by atoms with Gasteiger partial charge in [-0.2, -0.15) is 9.78 Å². The minimum absolute atomic E-state index is 0.162. The van der Waals surface area contributed by atoms with Crippen LogP contribution in [0.1, 0.15) is 27.7 Å². The molecule has 0 saturated carbocycles. The molecule has 0 unspecified atom stereocenters. The van der Waals surface area contributed by atoms with E-state index in [-0.39, 0.29) is 10.6 Å². The van der Waals surface area contributed by atoms with Gasteiger partial charge in [0.25, 0.3) is 5.56 Å². The third-order valence-electron chi connectivity index (χ3n) is 3.93. The number of anilines is 1. The molecule has 0 spiro atoms. The van der Waals surface area contributed by atoms with Gasteiger partial charge in [0.1, 0.15) is 5.02 Å². The molecule has 2 aromatic rings. The minimum atomic E-state index is -0.322. The standard InChI is InChI=1S/C18H25ClN4O/c1-13(2)22(14(3)4)11-10-20-16-12-21-23(18(24)17(16)19)15-8-6-5-7-9-15/h5-9,12-14,20H,10-11H2,1-4H3. The van der Waals surface area contributed by atoms with Crippen LogP contribution in [-0.2, 0) is 0 Å². The van der Waals surface area contributed by atoms with Gasteiger partial charge in [0.2, 0.25) is 0 Å². The Morgan fingerprint density at radius 2 is 1.79 bits per heavy atom. The minimum Gasteiger partial charge on any atom is -0.381 e. The maximum Gasteiger partial charge on any atom is 0.292 e. The number of nitrogens with zero attached hydrogens (tertiary/aromatic N) is 3. The molecule has 5 nitrogen and oxygen atoms in total. The van der Waals surface area contributed by atoms with Gasteiger partial charge in [-0.1, -0.05) is 29.8 Å². The fraction of sp³-hybridized carbons (Fsp3) is 0.444. The summed E-state index contributed by atoms with van der Waals surface area (Å²) in [6.07, 6.45) is 1.60. The number of nitrogens with one attached hydrogen (secondary N) is 1.